The maximum atomic E-state index is 11.4. The van der Waals surface area contributed by atoms with Crippen molar-refractivity contribution in [3.8, 4) is 11.5 Å². The average Bonchev–Trinajstić information content (AvgIpc) is 3.22. The highest BCUT2D eigenvalue weighted by Gasteiger charge is 2.21. The molecule has 0 spiro atoms. The number of methoxy groups -OCH3 is 2. The van der Waals surface area contributed by atoms with Gasteiger partial charge in [0.1, 0.15) is 0 Å². The Labute approximate surface area is 107 Å². The fraction of sp³-hybridized carbons (Fsp3) is 0.500. The molecular weight excluding hydrogens is 232 g/mol. The van der Waals surface area contributed by atoms with Crippen LogP contribution in [0, 0.1) is 5.92 Å². The molecule has 4 nitrogen and oxygen atoms in total. The normalized spacial score (nSPS) is 14.1. The molecule has 1 fully saturated rings. The Morgan fingerprint density at radius 3 is 2.67 bits per heavy atom. The Balaban J connectivity index is 2.01. The van der Waals surface area contributed by atoms with Crippen LogP contribution in [0.3, 0.4) is 0 Å². The van der Waals surface area contributed by atoms with Gasteiger partial charge in [-0.2, -0.15) is 0 Å². The van der Waals surface area contributed by atoms with E-state index in [1.54, 1.807) is 25.3 Å². The Hall–Kier alpha value is -1.71. The number of esters is 1. The van der Waals surface area contributed by atoms with Crippen molar-refractivity contribution in [1.29, 1.82) is 0 Å². The zero-order valence-electron chi connectivity index (χ0n) is 10.8. The SMILES string of the molecule is COC(=O)c1ccc(OCCC2CC2)c(OC)c1. The van der Waals surface area contributed by atoms with Crippen LogP contribution in [0.2, 0.25) is 0 Å². The van der Waals surface area contributed by atoms with Crippen LogP contribution in [-0.2, 0) is 4.74 Å². The van der Waals surface area contributed by atoms with Gasteiger partial charge < -0.3 is 14.2 Å². The Kier molecular flexibility index (Phi) is 4.07. The number of hydrogen-bond acceptors (Lipinski definition) is 4. The molecular formula is C14H18O4. The number of ether oxygens (including phenoxy) is 3. The molecule has 0 aliphatic heterocycles. The molecule has 2 rings (SSSR count). The van der Waals surface area contributed by atoms with Crippen LogP contribution >= 0.6 is 0 Å². The van der Waals surface area contributed by atoms with E-state index in [2.05, 4.69) is 4.74 Å². The highest BCUT2D eigenvalue weighted by molar-refractivity contribution is 5.90. The second kappa shape index (κ2) is 5.76. The number of carbonyl (C=O) groups excluding carboxylic acids is 1. The van der Waals surface area contributed by atoms with Crippen molar-refractivity contribution in [2.45, 2.75) is 19.3 Å². The number of rotatable bonds is 6. The first-order chi connectivity index (χ1) is 8.74. The van der Waals surface area contributed by atoms with Gasteiger partial charge in [0.15, 0.2) is 11.5 Å². The average molecular weight is 250 g/mol. The van der Waals surface area contributed by atoms with E-state index < -0.39 is 0 Å². The highest BCUT2D eigenvalue weighted by Crippen LogP contribution is 2.33. The van der Waals surface area contributed by atoms with Gasteiger partial charge >= 0.3 is 5.97 Å². The molecule has 0 bridgehead atoms. The molecule has 0 saturated heterocycles. The molecule has 0 radical (unpaired) electrons. The van der Waals surface area contributed by atoms with E-state index in [0.717, 1.165) is 12.3 Å². The minimum atomic E-state index is -0.377. The van der Waals surface area contributed by atoms with E-state index >= 15 is 0 Å². The molecule has 1 aromatic rings. The fourth-order valence-electron chi connectivity index (χ4n) is 1.77. The first kappa shape index (κ1) is 12.7. The summed E-state index contributed by atoms with van der Waals surface area (Å²) in [4.78, 5) is 11.4. The number of carbonyl (C=O) groups is 1. The zero-order valence-corrected chi connectivity index (χ0v) is 10.8. The van der Waals surface area contributed by atoms with Gasteiger partial charge in [0.25, 0.3) is 0 Å². The van der Waals surface area contributed by atoms with Gasteiger partial charge in [0, 0.05) is 0 Å². The highest BCUT2D eigenvalue weighted by atomic mass is 16.5. The molecule has 0 aromatic heterocycles. The summed E-state index contributed by atoms with van der Waals surface area (Å²) in [6.07, 6.45) is 3.73. The molecule has 0 atom stereocenters. The van der Waals surface area contributed by atoms with Crippen molar-refractivity contribution in [3.63, 3.8) is 0 Å². The van der Waals surface area contributed by atoms with Crippen LogP contribution in [-0.4, -0.2) is 26.8 Å². The largest absolute Gasteiger partial charge is 0.493 e. The molecule has 18 heavy (non-hydrogen) atoms. The first-order valence-electron chi connectivity index (χ1n) is 6.13. The first-order valence-corrected chi connectivity index (χ1v) is 6.13. The molecule has 4 heteroatoms. The lowest BCUT2D eigenvalue weighted by Gasteiger charge is -2.11. The predicted molar refractivity (Wildman–Crippen MR) is 67.2 cm³/mol. The molecule has 1 aromatic carbocycles. The molecule has 1 aliphatic rings. The zero-order chi connectivity index (χ0) is 13.0. The van der Waals surface area contributed by atoms with Gasteiger partial charge in [0.2, 0.25) is 0 Å². The Morgan fingerprint density at radius 2 is 2.06 bits per heavy atom. The Morgan fingerprint density at radius 1 is 1.28 bits per heavy atom. The van der Waals surface area contributed by atoms with Gasteiger partial charge in [-0.15, -0.1) is 0 Å². The fourth-order valence-corrected chi connectivity index (χ4v) is 1.77. The molecule has 98 valence electrons. The van der Waals surface area contributed by atoms with Gasteiger partial charge in [-0.05, 0) is 30.5 Å². The number of hydrogen-bond donors (Lipinski definition) is 0. The van der Waals surface area contributed by atoms with Crippen LogP contribution in [0.1, 0.15) is 29.6 Å². The second-order valence-electron chi connectivity index (χ2n) is 4.44. The van der Waals surface area contributed by atoms with E-state index in [4.69, 9.17) is 9.47 Å². The van der Waals surface area contributed by atoms with Crippen molar-refractivity contribution < 1.29 is 19.0 Å². The summed E-state index contributed by atoms with van der Waals surface area (Å²) in [6.45, 7) is 0.693. The topological polar surface area (TPSA) is 44.8 Å². The Bertz CT molecular complexity index is 424. The maximum absolute atomic E-state index is 11.4. The molecule has 0 amide bonds. The molecule has 0 unspecified atom stereocenters. The summed E-state index contributed by atoms with van der Waals surface area (Å²) in [5.74, 6) is 1.70. The van der Waals surface area contributed by atoms with Gasteiger partial charge in [-0.25, -0.2) is 4.79 Å². The summed E-state index contributed by atoms with van der Waals surface area (Å²) in [7, 11) is 2.92. The van der Waals surface area contributed by atoms with Crippen LogP contribution in [0.15, 0.2) is 18.2 Å². The van der Waals surface area contributed by atoms with E-state index in [1.165, 1.54) is 20.0 Å². The minimum absolute atomic E-state index is 0.377. The predicted octanol–water partition coefficient (Wildman–Crippen LogP) is 2.66. The summed E-state index contributed by atoms with van der Waals surface area (Å²) in [5.41, 5.74) is 0.462. The lowest BCUT2D eigenvalue weighted by Crippen LogP contribution is -2.04. The van der Waals surface area contributed by atoms with Crippen molar-refractivity contribution in [2.24, 2.45) is 5.92 Å². The van der Waals surface area contributed by atoms with Gasteiger partial charge in [-0.3, -0.25) is 0 Å². The summed E-state index contributed by atoms with van der Waals surface area (Å²) in [6, 6.07) is 5.07. The standard InChI is InChI=1S/C14H18O4/c1-16-13-9-11(14(15)17-2)5-6-12(13)18-8-7-10-3-4-10/h5-6,9-10H,3-4,7-8H2,1-2H3. The van der Waals surface area contributed by atoms with Crippen LogP contribution < -0.4 is 9.47 Å². The van der Waals surface area contributed by atoms with Crippen molar-refractivity contribution in [2.75, 3.05) is 20.8 Å². The van der Waals surface area contributed by atoms with Crippen LogP contribution in [0.4, 0.5) is 0 Å². The van der Waals surface area contributed by atoms with E-state index in [-0.39, 0.29) is 5.97 Å². The monoisotopic (exact) mass is 250 g/mol. The van der Waals surface area contributed by atoms with E-state index in [1.807, 2.05) is 0 Å². The second-order valence-corrected chi connectivity index (χ2v) is 4.44. The van der Waals surface area contributed by atoms with E-state index in [0.29, 0.717) is 23.7 Å². The third-order valence-corrected chi connectivity index (χ3v) is 3.07. The molecule has 1 saturated carbocycles. The summed E-state index contributed by atoms with van der Waals surface area (Å²) in [5, 5.41) is 0. The molecule has 1 aliphatic carbocycles. The lowest BCUT2D eigenvalue weighted by atomic mass is 10.2. The van der Waals surface area contributed by atoms with Gasteiger partial charge in [-0.1, -0.05) is 12.8 Å². The third kappa shape index (κ3) is 3.15. The lowest BCUT2D eigenvalue weighted by molar-refractivity contribution is 0.0600. The quantitative estimate of drug-likeness (QED) is 0.728. The third-order valence-electron chi connectivity index (χ3n) is 3.07. The number of benzene rings is 1. The molecule has 0 N–H and O–H groups in total. The maximum Gasteiger partial charge on any atom is 0.337 e. The van der Waals surface area contributed by atoms with Crippen LogP contribution in [0.5, 0.6) is 11.5 Å². The van der Waals surface area contributed by atoms with Crippen LogP contribution in [0.25, 0.3) is 0 Å². The molecule has 0 heterocycles. The van der Waals surface area contributed by atoms with E-state index in [9.17, 15) is 4.79 Å². The minimum Gasteiger partial charge on any atom is -0.493 e. The van der Waals surface area contributed by atoms with Gasteiger partial charge in [0.05, 0.1) is 26.4 Å². The smallest absolute Gasteiger partial charge is 0.337 e. The van der Waals surface area contributed by atoms with Crippen molar-refractivity contribution in [1.82, 2.24) is 0 Å². The summed E-state index contributed by atoms with van der Waals surface area (Å²) < 4.78 is 15.6. The summed E-state index contributed by atoms with van der Waals surface area (Å²) >= 11 is 0. The van der Waals surface area contributed by atoms with Crippen molar-refractivity contribution >= 4 is 5.97 Å². The van der Waals surface area contributed by atoms with Crippen molar-refractivity contribution in [3.05, 3.63) is 23.8 Å².